The molecular weight excluding hydrogens is 460 g/mol. The monoisotopic (exact) mass is 488 g/mol. The standard InChI is InChI=1S/C28H28N2O6/c1-19(22-12-8-5-9-13-22)30-26(32)28(36-27(30)33,17-20-10-6-4-7-11-20)25(31)29-18-21-14-23(34-2)16-24(15-21)35-3/h4-16,19H,17-18H2,1-3H3,(H,29,31)/t19-,28-/m1/s1. The maximum absolute atomic E-state index is 13.8. The van der Waals surface area contributed by atoms with Crippen molar-refractivity contribution in [1.82, 2.24) is 10.2 Å². The van der Waals surface area contributed by atoms with Crippen molar-refractivity contribution in [3.8, 4) is 11.5 Å². The van der Waals surface area contributed by atoms with Crippen LogP contribution in [0.5, 0.6) is 11.5 Å². The molecule has 0 radical (unpaired) electrons. The lowest BCUT2D eigenvalue weighted by atomic mass is 9.91. The van der Waals surface area contributed by atoms with Gasteiger partial charge in [-0.3, -0.25) is 9.59 Å². The number of cyclic esters (lactones) is 1. The topological polar surface area (TPSA) is 94.2 Å². The predicted molar refractivity (Wildman–Crippen MR) is 132 cm³/mol. The Balaban J connectivity index is 1.64. The summed E-state index contributed by atoms with van der Waals surface area (Å²) in [6.45, 7) is 1.80. The number of hydrogen-bond acceptors (Lipinski definition) is 6. The minimum atomic E-state index is -2.04. The van der Waals surface area contributed by atoms with E-state index >= 15 is 0 Å². The summed E-state index contributed by atoms with van der Waals surface area (Å²) >= 11 is 0. The number of rotatable bonds is 9. The van der Waals surface area contributed by atoms with Crippen molar-refractivity contribution in [3.05, 3.63) is 95.6 Å². The van der Waals surface area contributed by atoms with Crippen molar-refractivity contribution in [2.45, 2.75) is 31.5 Å². The van der Waals surface area contributed by atoms with Gasteiger partial charge in [0.2, 0.25) is 0 Å². The van der Waals surface area contributed by atoms with E-state index in [0.29, 0.717) is 22.6 Å². The molecule has 0 aliphatic carbocycles. The van der Waals surface area contributed by atoms with Gasteiger partial charge in [-0.1, -0.05) is 60.7 Å². The Labute approximate surface area is 209 Å². The van der Waals surface area contributed by atoms with E-state index in [9.17, 15) is 14.4 Å². The average Bonchev–Trinajstić information content (AvgIpc) is 3.17. The number of imide groups is 1. The average molecular weight is 489 g/mol. The third-order valence-electron chi connectivity index (χ3n) is 6.22. The molecule has 2 atom stereocenters. The van der Waals surface area contributed by atoms with Crippen LogP contribution in [-0.2, 0) is 27.3 Å². The Kier molecular flexibility index (Phi) is 7.24. The van der Waals surface area contributed by atoms with Gasteiger partial charge in [-0.25, -0.2) is 9.69 Å². The number of ether oxygens (including phenoxy) is 3. The number of amides is 3. The van der Waals surface area contributed by atoms with Gasteiger partial charge in [-0.05, 0) is 35.7 Å². The van der Waals surface area contributed by atoms with Crippen LogP contribution in [-0.4, -0.2) is 42.6 Å². The van der Waals surface area contributed by atoms with Crippen LogP contribution in [0.2, 0.25) is 0 Å². The molecule has 0 bridgehead atoms. The van der Waals surface area contributed by atoms with Gasteiger partial charge in [0.1, 0.15) is 11.5 Å². The van der Waals surface area contributed by atoms with Crippen molar-refractivity contribution >= 4 is 17.9 Å². The molecule has 1 fully saturated rings. The maximum Gasteiger partial charge on any atom is 0.418 e. The Morgan fingerprint density at radius 1 is 0.917 bits per heavy atom. The van der Waals surface area contributed by atoms with Gasteiger partial charge >= 0.3 is 6.09 Å². The zero-order chi connectivity index (χ0) is 25.7. The molecule has 1 saturated heterocycles. The number of benzene rings is 3. The van der Waals surface area contributed by atoms with E-state index in [1.165, 1.54) is 14.2 Å². The third kappa shape index (κ3) is 4.88. The first-order valence-corrected chi connectivity index (χ1v) is 11.5. The second-order valence-electron chi connectivity index (χ2n) is 8.52. The molecule has 3 aromatic carbocycles. The van der Waals surface area contributed by atoms with Crippen LogP contribution in [0.4, 0.5) is 4.79 Å². The molecule has 1 aliphatic heterocycles. The van der Waals surface area contributed by atoms with Crippen LogP contribution >= 0.6 is 0 Å². The number of carbonyl (C=O) groups is 3. The molecular formula is C28H28N2O6. The van der Waals surface area contributed by atoms with Crippen molar-refractivity contribution < 1.29 is 28.6 Å². The molecule has 186 valence electrons. The summed E-state index contributed by atoms with van der Waals surface area (Å²) in [5.41, 5.74) is 0.0960. The Morgan fingerprint density at radius 3 is 2.08 bits per heavy atom. The first kappa shape index (κ1) is 24.8. The molecule has 0 unspecified atom stereocenters. The van der Waals surface area contributed by atoms with Gasteiger partial charge in [0.25, 0.3) is 17.4 Å². The molecule has 1 aliphatic rings. The second kappa shape index (κ2) is 10.5. The fourth-order valence-electron chi connectivity index (χ4n) is 4.25. The lowest BCUT2D eigenvalue weighted by molar-refractivity contribution is -0.150. The Morgan fingerprint density at radius 2 is 1.50 bits per heavy atom. The van der Waals surface area contributed by atoms with Gasteiger partial charge in [0.15, 0.2) is 0 Å². The lowest BCUT2D eigenvalue weighted by Crippen LogP contribution is -2.55. The summed E-state index contributed by atoms with van der Waals surface area (Å²) in [6, 6.07) is 22.7. The molecule has 1 heterocycles. The van der Waals surface area contributed by atoms with E-state index < -0.39 is 29.6 Å². The quantitative estimate of drug-likeness (QED) is 0.457. The maximum atomic E-state index is 13.8. The van der Waals surface area contributed by atoms with Crippen LogP contribution in [0.1, 0.15) is 29.7 Å². The molecule has 36 heavy (non-hydrogen) atoms. The number of nitrogens with one attached hydrogen (secondary N) is 1. The molecule has 3 aromatic rings. The highest BCUT2D eigenvalue weighted by atomic mass is 16.6. The molecule has 0 saturated carbocycles. The molecule has 3 amide bonds. The highest BCUT2D eigenvalue weighted by molar-refractivity contribution is 6.17. The molecule has 0 spiro atoms. The summed E-state index contributed by atoms with van der Waals surface area (Å²) < 4.78 is 16.2. The third-order valence-corrected chi connectivity index (χ3v) is 6.22. The number of carbonyl (C=O) groups excluding carboxylic acids is 3. The lowest BCUT2D eigenvalue weighted by Gasteiger charge is -2.26. The molecule has 0 aromatic heterocycles. The van der Waals surface area contributed by atoms with Gasteiger partial charge in [-0.2, -0.15) is 0 Å². The Bertz CT molecular complexity index is 1230. The normalized spacial score (nSPS) is 17.9. The van der Waals surface area contributed by atoms with Crippen molar-refractivity contribution in [2.24, 2.45) is 0 Å². The molecule has 8 nitrogen and oxygen atoms in total. The highest BCUT2D eigenvalue weighted by Gasteiger charge is 2.60. The summed E-state index contributed by atoms with van der Waals surface area (Å²) in [5.74, 6) is -0.282. The van der Waals surface area contributed by atoms with Crippen molar-refractivity contribution in [2.75, 3.05) is 14.2 Å². The SMILES string of the molecule is COc1cc(CNC(=O)[C@@]2(Cc3ccccc3)OC(=O)N([C@H](C)c3ccccc3)C2=O)cc(OC)c1. The summed E-state index contributed by atoms with van der Waals surface area (Å²) in [4.78, 5) is 41.4. The first-order chi connectivity index (χ1) is 17.4. The van der Waals surface area contributed by atoms with Crippen LogP contribution in [0.3, 0.4) is 0 Å². The largest absolute Gasteiger partial charge is 0.497 e. The predicted octanol–water partition coefficient (Wildman–Crippen LogP) is 4.04. The van der Waals surface area contributed by atoms with Crippen molar-refractivity contribution in [1.29, 1.82) is 0 Å². The van der Waals surface area contributed by atoms with E-state index in [4.69, 9.17) is 14.2 Å². The van der Waals surface area contributed by atoms with Crippen molar-refractivity contribution in [3.63, 3.8) is 0 Å². The van der Waals surface area contributed by atoms with Crippen LogP contribution < -0.4 is 14.8 Å². The minimum Gasteiger partial charge on any atom is -0.497 e. The number of nitrogens with zero attached hydrogens (tertiary/aromatic N) is 1. The van der Waals surface area contributed by atoms with Gasteiger partial charge in [0, 0.05) is 19.0 Å². The van der Waals surface area contributed by atoms with E-state index in [0.717, 1.165) is 10.5 Å². The number of methoxy groups -OCH3 is 2. The van der Waals surface area contributed by atoms with E-state index in [1.807, 2.05) is 36.4 Å². The zero-order valence-electron chi connectivity index (χ0n) is 20.4. The van der Waals surface area contributed by atoms with E-state index in [1.54, 1.807) is 49.4 Å². The molecule has 1 N–H and O–H groups in total. The summed E-state index contributed by atoms with van der Waals surface area (Å²) in [7, 11) is 3.07. The van der Waals surface area contributed by atoms with Gasteiger partial charge in [0.05, 0.1) is 20.3 Å². The summed E-state index contributed by atoms with van der Waals surface area (Å²) in [5, 5.41) is 2.78. The fraction of sp³-hybridized carbons (Fsp3) is 0.250. The summed E-state index contributed by atoms with van der Waals surface area (Å²) in [6.07, 6.45) is -0.950. The van der Waals surface area contributed by atoms with Crippen LogP contribution in [0.25, 0.3) is 0 Å². The van der Waals surface area contributed by atoms with Crippen LogP contribution in [0, 0.1) is 0 Å². The fourth-order valence-corrected chi connectivity index (χ4v) is 4.25. The first-order valence-electron chi connectivity index (χ1n) is 11.5. The van der Waals surface area contributed by atoms with Gasteiger partial charge in [-0.15, -0.1) is 0 Å². The Hall–Kier alpha value is -4.33. The second-order valence-corrected chi connectivity index (χ2v) is 8.52. The zero-order valence-corrected chi connectivity index (χ0v) is 20.4. The minimum absolute atomic E-state index is 0.0714. The van der Waals surface area contributed by atoms with E-state index in [2.05, 4.69) is 5.32 Å². The molecule has 4 rings (SSSR count). The van der Waals surface area contributed by atoms with E-state index in [-0.39, 0.29) is 13.0 Å². The molecule has 8 heteroatoms. The highest BCUT2D eigenvalue weighted by Crippen LogP contribution is 2.35. The smallest absolute Gasteiger partial charge is 0.418 e. The van der Waals surface area contributed by atoms with Gasteiger partial charge < -0.3 is 19.5 Å². The van der Waals surface area contributed by atoms with Crippen LogP contribution in [0.15, 0.2) is 78.9 Å². The number of hydrogen-bond donors (Lipinski definition) is 1.